The van der Waals surface area contributed by atoms with Gasteiger partial charge >= 0.3 is 0 Å². The molecule has 0 saturated heterocycles. The van der Waals surface area contributed by atoms with E-state index in [4.69, 9.17) is 4.52 Å². The van der Waals surface area contributed by atoms with Crippen molar-refractivity contribution < 1.29 is 12.9 Å². The van der Waals surface area contributed by atoms with Crippen LogP contribution in [0.1, 0.15) is 55.1 Å². The van der Waals surface area contributed by atoms with E-state index < -0.39 is 10.0 Å². The fourth-order valence-corrected chi connectivity index (χ4v) is 6.03. The van der Waals surface area contributed by atoms with Crippen LogP contribution in [0.15, 0.2) is 39.6 Å². The van der Waals surface area contributed by atoms with Crippen molar-refractivity contribution >= 4 is 21.0 Å². The Kier molecular flexibility index (Phi) is 4.94. The third-order valence-corrected chi connectivity index (χ3v) is 7.50. The highest BCUT2D eigenvalue weighted by atomic mass is 32.2. The summed E-state index contributed by atoms with van der Waals surface area (Å²) < 4.78 is 35.0. The molecule has 2 aromatic heterocycles. The van der Waals surface area contributed by atoms with Crippen LogP contribution in [0.5, 0.6) is 0 Å². The van der Waals surface area contributed by atoms with Crippen LogP contribution in [0.3, 0.4) is 0 Å². The number of aryl methyl sites for hydroxylation is 2. The summed E-state index contributed by atoms with van der Waals surface area (Å²) in [5, 5.41) is 9.24. The molecule has 8 nitrogen and oxygen atoms in total. The molecule has 2 aliphatic rings. The molecular formula is C21H24N4O4S. The van der Waals surface area contributed by atoms with Crippen LogP contribution in [-0.2, 0) is 28.6 Å². The average Bonchev–Trinajstić information content (AvgIpc) is 3.34. The summed E-state index contributed by atoms with van der Waals surface area (Å²) in [6.45, 7) is 0. The molecule has 1 fully saturated rings. The lowest BCUT2D eigenvalue weighted by atomic mass is 9.92. The second-order valence-electron chi connectivity index (χ2n) is 8.26. The highest BCUT2D eigenvalue weighted by molar-refractivity contribution is 7.88. The maximum absolute atomic E-state index is 12.7. The molecule has 0 aliphatic heterocycles. The molecule has 2 aliphatic carbocycles. The van der Waals surface area contributed by atoms with Gasteiger partial charge in [-0.3, -0.25) is 4.79 Å². The van der Waals surface area contributed by atoms with Gasteiger partial charge in [0.2, 0.25) is 10.0 Å². The van der Waals surface area contributed by atoms with Crippen molar-refractivity contribution in [1.29, 1.82) is 0 Å². The topological polar surface area (TPSA) is 107 Å². The molecule has 1 aromatic carbocycles. The fraction of sp³-hybridized carbons (Fsp3) is 0.476. The van der Waals surface area contributed by atoms with Crippen LogP contribution in [0.4, 0.5) is 0 Å². The van der Waals surface area contributed by atoms with Gasteiger partial charge in [0.05, 0.1) is 11.7 Å². The Morgan fingerprint density at radius 1 is 1.13 bits per heavy atom. The minimum Gasteiger partial charge on any atom is -0.356 e. The first-order valence-corrected chi connectivity index (χ1v) is 12.1. The summed E-state index contributed by atoms with van der Waals surface area (Å²) in [6, 6.07) is 8.85. The number of aromatic nitrogens is 3. The lowest BCUT2D eigenvalue weighted by Crippen LogP contribution is -2.40. The van der Waals surface area contributed by atoms with Crippen LogP contribution in [0.25, 0.3) is 11.0 Å². The molecule has 0 bridgehead atoms. The summed E-state index contributed by atoms with van der Waals surface area (Å²) in [4.78, 5) is 12.4. The summed E-state index contributed by atoms with van der Waals surface area (Å²) in [6.07, 6.45) is 5.73. The van der Waals surface area contributed by atoms with Gasteiger partial charge in [0.25, 0.3) is 5.56 Å². The van der Waals surface area contributed by atoms with Crippen LogP contribution in [0.2, 0.25) is 0 Å². The van der Waals surface area contributed by atoms with Gasteiger partial charge in [-0.05, 0) is 62.6 Å². The Hall–Kier alpha value is -2.52. The number of nitrogens with one attached hydrogen (secondary N) is 1. The number of rotatable bonds is 5. The van der Waals surface area contributed by atoms with Crippen molar-refractivity contribution in [3.8, 4) is 0 Å². The second-order valence-corrected chi connectivity index (χ2v) is 10.0. The Morgan fingerprint density at radius 2 is 1.93 bits per heavy atom. The van der Waals surface area contributed by atoms with Crippen molar-refractivity contribution in [1.82, 2.24) is 19.7 Å². The van der Waals surface area contributed by atoms with Crippen LogP contribution >= 0.6 is 0 Å². The third-order valence-electron chi connectivity index (χ3n) is 6.15. The summed E-state index contributed by atoms with van der Waals surface area (Å²) in [5.41, 5.74) is 3.07. The number of sulfonamides is 1. The highest BCUT2D eigenvalue weighted by Gasteiger charge is 2.28. The average molecular weight is 429 g/mol. The van der Waals surface area contributed by atoms with E-state index in [1.54, 1.807) is 16.8 Å². The van der Waals surface area contributed by atoms with Gasteiger partial charge in [0.1, 0.15) is 11.4 Å². The molecule has 2 heterocycles. The molecule has 1 N–H and O–H groups in total. The zero-order valence-electron chi connectivity index (χ0n) is 16.6. The number of nitrogens with zero attached hydrogens (tertiary/aromatic N) is 3. The van der Waals surface area contributed by atoms with Crippen molar-refractivity contribution in [3.63, 3.8) is 0 Å². The van der Waals surface area contributed by atoms with E-state index in [9.17, 15) is 13.2 Å². The van der Waals surface area contributed by atoms with Gasteiger partial charge in [0.15, 0.2) is 5.58 Å². The SMILES string of the molecule is O=c1cc2c(nn1C1CCC(NS(=O)(=O)Cc3noc4ccccc34)CC1)CCC2. The van der Waals surface area contributed by atoms with Crippen molar-refractivity contribution in [2.45, 2.75) is 62.8 Å². The molecule has 0 spiro atoms. The van der Waals surface area contributed by atoms with Gasteiger partial charge in [-0.15, -0.1) is 0 Å². The molecule has 30 heavy (non-hydrogen) atoms. The lowest BCUT2D eigenvalue weighted by Gasteiger charge is -2.29. The molecule has 3 aromatic rings. The number of benzene rings is 1. The van der Waals surface area contributed by atoms with Crippen LogP contribution in [0, 0.1) is 0 Å². The smallest absolute Gasteiger partial charge is 0.267 e. The highest BCUT2D eigenvalue weighted by Crippen LogP contribution is 2.29. The van der Waals surface area contributed by atoms with Crippen molar-refractivity contribution in [3.05, 3.63) is 57.6 Å². The minimum absolute atomic E-state index is 0.0311. The largest absolute Gasteiger partial charge is 0.356 e. The predicted molar refractivity (Wildman–Crippen MR) is 112 cm³/mol. The molecule has 0 radical (unpaired) electrons. The first-order valence-electron chi connectivity index (χ1n) is 10.4. The Balaban J connectivity index is 1.23. The predicted octanol–water partition coefficient (Wildman–Crippen LogP) is 2.48. The third kappa shape index (κ3) is 3.79. The van der Waals surface area contributed by atoms with Gasteiger partial charge < -0.3 is 4.52 Å². The number of fused-ring (bicyclic) bond motifs is 2. The fourth-order valence-electron chi connectivity index (χ4n) is 4.63. The summed E-state index contributed by atoms with van der Waals surface area (Å²) in [7, 11) is -3.55. The molecule has 158 valence electrons. The summed E-state index contributed by atoms with van der Waals surface area (Å²) in [5.74, 6) is -0.213. The molecule has 5 rings (SSSR count). The monoisotopic (exact) mass is 428 g/mol. The number of hydrogen-bond donors (Lipinski definition) is 1. The van der Waals surface area contributed by atoms with E-state index in [1.807, 2.05) is 18.2 Å². The maximum atomic E-state index is 12.7. The minimum atomic E-state index is -3.55. The zero-order valence-corrected chi connectivity index (χ0v) is 17.4. The van der Waals surface area contributed by atoms with Crippen molar-refractivity contribution in [2.24, 2.45) is 0 Å². The second kappa shape index (κ2) is 7.63. The quantitative estimate of drug-likeness (QED) is 0.669. The van der Waals surface area contributed by atoms with Gasteiger partial charge in [0, 0.05) is 17.5 Å². The van der Waals surface area contributed by atoms with E-state index in [0.717, 1.165) is 43.4 Å². The molecule has 9 heteroatoms. The zero-order chi connectivity index (χ0) is 20.7. The number of hydrogen-bond acceptors (Lipinski definition) is 6. The van der Waals surface area contributed by atoms with Crippen LogP contribution < -0.4 is 10.3 Å². The van der Waals surface area contributed by atoms with E-state index in [2.05, 4.69) is 15.0 Å². The maximum Gasteiger partial charge on any atom is 0.267 e. The van der Waals surface area contributed by atoms with Gasteiger partial charge in [-0.2, -0.15) is 5.10 Å². The van der Waals surface area contributed by atoms with Crippen molar-refractivity contribution in [2.75, 3.05) is 0 Å². The van der Waals surface area contributed by atoms with E-state index >= 15 is 0 Å². The molecule has 0 atom stereocenters. The van der Waals surface area contributed by atoms with E-state index in [1.165, 1.54) is 0 Å². The number of para-hydroxylation sites is 1. The van der Waals surface area contributed by atoms with Gasteiger partial charge in [-0.1, -0.05) is 17.3 Å². The normalized spacial score (nSPS) is 21.7. The first-order chi connectivity index (χ1) is 14.5. The van der Waals surface area contributed by atoms with Crippen LogP contribution in [-0.4, -0.2) is 29.4 Å². The molecule has 0 amide bonds. The van der Waals surface area contributed by atoms with E-state index in [0.29, 0.717) is 29.5 Å². The first kappa shape index (κ1) is 19.4. The molecule has 0 unspecified atom stereocenters. The van der Waals surface area contributed by atoms with Gasteiger partial charge in [-0.25, -0.2) is 17.8 Å². The Labute approximate surface area is 174 Å². The molecule has 1 saturated carbocycles. The Morgan fingerprint density at radius 3 is 2.77 bits per heavy atom. The standard InChI is InChI=1S/C21H24N4O4S/c26-21-12-14-4-3-6-18(14)22-25(21)16-10-8-15(9-11-16)24-30(27,28)13-19-17-5-1-2-7-20(17)29-23-19/h1-2,5,7,12,15-16,24H,3-4,6,8-11,13H2. The Bertz CT molecular complexity index is 1240. The summed E-state index contributed by atoms with van der Waals surface area (Å²) >= 11 is 0. The molecular weight excluding hydrogens is 404 g/mol. The van der Waals surface area contributed by atoms with E-state index in [-0.39, 0.29) is 23.4 Å². The lowest BCUT2D eigenvalue weighted by molar-refractivity contribution is 0.284.